The minimum atomic E-state index is -0.489. The van der Waals surface area contributed by atoms with E-state index in [1.165, 1.54) is 11.3 Å². The Bertz CT molecular complexity index is 807. The molecular formula is C20H24N2O3S. The summed E-state index contributed by atoms with van der Waals surface area (Å²) in [5, 5.41) is 7.44. The largest absolute Gasteiger partial charge is 0.359 e. The quantitative estimate of drug-likeness (QED) is 0.729. The number of hydrogen-bond acceptors (Lipinski definition) is 4. The van der Waals surface area contributed by atoms with Crippen LogP contribution < -0.4 is 10.6 Å². The Morgan fingerprint density at radius 3 is 2.31 bits per heavy atom. The summed E-state index contributed by atoms with van der Waals surface area (Å²) in [5.74, 6) is -0.195. The van der Waals surface area contributed by atoms with Gasteiger partial charge in [-0.2, -0.15) is 0 Å². The summed E-state index contributed by atoms with van der Waals surface area (Å²) in [6, 6.07) is 9.11. The summed E-state index contributed by atoms with van der Waals surface area (Å²) in [4.78, 5) is 36.3. The zero-order valence-corrected chi connectivity index (χ0v) is 16.3. The number of carbonyl (C=O) groups excluding carboxylic acids is 3. The first-order chi connectivity index (χ1) is 12.2. The predicted molar refractivity (Wildman–Crippen MR) is 105 cm³/mol. The van der Waals surface area contributed by atoms with Gasteiger partial charge >= 0.3 is 0 Å². The van der Waals surface area contributed by atoms with Gasteiger partial charge in [0.05, 0.1) is 4.88 Å². The number of ketones is 1. The molecule has 0 aliphatic rings. The lowest BCUT2D eigenvalue weighted by atomic mass is 9.97. The molecule has 26 heavy (non-hydrogen) atoms. The minimum absolute atomic E-state index is 0.0367. The lowest BCUT2D eigenvalue weighted by Crippen LogP contribution is -2.44. The predicted octanol–water partition coefficient (Wildman–Crippen LogP) is 3.65. The molecule has 0 saturated carbocycles. The molecule has 2 amide bonds. The molecule has 0 radical (unpaired) electrons. The van der Waals surface area contributed by atoms with Crippen molar-refractivity contribution < 1.29 is 14.4 Å². The zero-order valence-electron chi connectivity index (χ0n) is 15.5. The Hall–Kier alpha value is -2.47. The zero-order chi connectivity index (χ0) is 19.3. The van der Waals surface area contributed by atoms with Gasteiger partial charge in [-0.3, -0.25) is 14.4 Å². The van der Waals surface area contributed by atoms with Crippen LogP contribution in [0.1, 0.15) is 53.6 Å². The van der Waals surface area contributed by atoms with Crippen molar-refractivity contribution >= 4 is 28.9 Å². The number of Topliss-reactive ketones (excluding diaryl/α,β-unsaturated/α-hetero) is 1. The standard InChI is InChI=1S/C20H24N2O3S/c1-13(23)18-16(10-12-26-18)14-5-7-15(8-6-14)19(25)22-20(2,3)11-9-17(24)21-4/h5-8,10,12H,9,11H2,1-4H3,(H,21,24)(H,22,25). The average molecular weight is 372 g/mol. The molecule has 1 aromatic carbocycles. The van der Waals surface area contributed by atoms with E-state index >= 15 is 0 Å². The molecule has 0 aliphatic carbocycles. The summed E-state index contributed by atoms with van der Waals surface area (Å²) in [6.07, 6.45) is 0.905. The van der Waals surface area contributed by atoms with Crippen molar-refractivity contribution in [2.75, 3.05) is 7.05 Å². The fourth-order valence-corrected chi connectivity index (χ4v) is 3.42. The lowest BCUT2D eigenvalue weighted by molar-refractivity contribution is -0.121. The third-order valence-electron chi connectivity index (χ3n) is 4.15. The number of benzene rings is 1. The van der Waals surface area contributed by atoms with Crippen LogP contribution in [0.3, 0.4) is 0 Å². The van der Waals surface area contributed by atoms with Crippen molar-refractivity contribution in [3.05, 3.63) is 46.2 Å². The highest BCUT2D eigenvalue weighted by atomic mass is 32.1. The maximum absolute atomic E-state index is 12.5. The topological polar surface area (TPSA) is 75.3 Å². The second kappa shape index (κ2) is 8.27. The molecule has 1 heterocycles. The molecule has 138 valence electrons. The van der Waals surface area contributed by atoms with Crippen molar-refractivity contribution in [3.63, 3.8) is 0 Å². The number of nitrogens with one attached hydrogen (secondary N) is 2. The SMILES string of the molecule is CNC(=O)CCC(C)(C)NC(=O)c1ccc(-c2ccsc2C(C)=O)cc1. The van der Waals surface area contributed by atoms with Gasteiger partial charge in [0.1, 0.15) is 0 Å². The highest BCUT2D eigenvalue weighted by Gasteiger charge is 2.22. The second-order valence-electron chi connectivity index (χ2n) is 6.81. The van der Waals surface area contributed by atoms with Crippen molar-refractivity contribution in [2.24, 2.45) is 0 Å². The molecule has 0 saturated heterocycles. The highest BCUT2D eigenvalue weighted by molar-refractivity contribution is 7.12. The van der Waals surface area contributed by atoms with Crippen molar-refractivity contribution in [1.82, 2.24) is 10.6 Å². The van der Waals surface area contributed by atoms with Gasteiger partial charge in [0.2, 0.25) is 5.91 Å². The number of hydrogen-bond donors (Lipinski definition) is 2. The molecule has 2 rings (SSSR count). The van der Waals surface area contributed by atoms with E-state index in [0.29, 0.717) is 18.4 Å². The van der Waals surface area contributed by atoms with Gasteiger partial charge in [-0.1, -0.05) is 12.1 Å². The van der Waals surface area contributed by atoms with Crippen LogP contribution in [0.4, 0.5) is 0 Å². The number of carbonyl (C=O) groups is 3. The molecule has 2 N–H and O–H groups in total. The lowest BCUT2D eigenvalue weighted by Gasteiger charge is -2.26. The Balaban J connectivity index is 2.08. The molecule has 5 nitrogen and oxygen atoms in total. The van der Waals surface area contributed by atoms with Gasteiger partial charge < -0.3 is 10.6 Å². The minimum Gasteiger partial charge on any atom is -0.359 e. The van der Waals surface area contributed by atoms with Crippen LogP contribution in [0.25, 0.3) is 11.1 Å². The molecular weight excluding hydrogens is 348 g/mol. The molecule has 0 aliphatic heterocycles. The van der Waals surface area contributed by atoms with Gasteiger partial charge in [0.25, 0.3) is 5.91 Å². The monoisotopic (exact) mass is 372 g/mol. The Morgan fingerprint density at radius 2 is 1.73 bits per heavy atom. The third-order valence-corrected chi connectivity index (χ3v) is 5.17. The van der Waals surface area contributed by atoms with E-state index in [-0.39, 0.29) is 17.6 Å². The highest BCUT2D eigenvalue weighted by Crippen LogP contribution is 2.29. The first-order valence-electron chi connectivity index (χ1n) is 8.45. The van der Waals surface area contributed by atoms with E-state index in [2.05, 4.69) is 10.6 Å². The normalized spacial score (nSPS) is 11.1. The van der Waals surface area contributed by atoms with E-state index < -0.39 is 5.54 Å². The van der Waals surface area contributed by atoms with E-state index in [4.69, 9.17) is 0 Å². The van der Waals surface area contributed by atoms with Gasteiger partial charge in [0.15, 0.2) is 5.78 Å². The maximum atomic E-state index is 12.5. The van der Waals surface area contributed by atoms with Crippen LogP contribution in [0.5, 0.6) is 0 Å². The fraction of sp³-hybridized carbons (Fsp3) is 0.350. The van der Waals surface area contributed by atoms with E-state index in [9.17, 15) is 14.4 Å². The summed E-state index contributed by atoms with van der Waals surface area (Å²) < 4.78 is 0. The van der Waals surface area contributed by atoms with Crippen LogP contribution in [0.2, 0.25) is 0 Å². The van der Waals surface area contributed by atoms with Crippen LogP contribution in [0, 0.1) is 0 Å². The van der Waals surface area contributed by atoms with E-state index in [0.717, 1.165) is 16.0 Å². The summed E-state index contributed by atoms with van der Waals surface area (Å²) in [6.45, 7) is 5.34. The first kappa shape index (κ1) is 19.8. The third kappa shape index (κ3) is 5.02. The van der Waals surface area contributed by atoms with Crippen LogP contribution >= 0.6 is 11.3 Å². The van der Waals surface area contributed by atoms with E-state index in [1.807, 2.05) is 37.4 Å². The number of thiophene rings is 1. The van der Waals surface area contributed by atoms with Crippen molar-refractivity contribution in [3.8, 4) is 11.1 Å². The number of rotatable bonds is 7. The Labute approximate surface area is 157 Å². The molecule has 2 aromatic rings. The molecule has 1 aromatic heterocycles. The molecule has 6 heteroatoms. The Kier molecular flexibility index (Phi) is 6.32. The van der Waals surface area contributed by atoms with Gasteiger partial charge in [0, 0.05) is 30.1 Å². The number of amides is 2. The van der Waals surface area contributed by atoms with Crippen molar-refractivity contribution in [1.29, 1.82) is 0 Å². The van der Waals surface area contributed by atoms with E-state index in [1.54, 1.807) is 26.1 Å². The van der Waals surface area contributed by atoms with Crippen LogP contribution in [-0.4, -0.2) is 30.2 Å². The molecule has 0 spiro atoms. The molecule has 0 bridgehead atoms. The summed E-state index contributed by atoms with van der Waals surface area (Å²) >= 11 is 1.42. The smallest absolute Gasteiger partial charge is 0.251 e. The van der Waals surface area contributed by atoms with Crippen molar-refractivity contribution in [2.45, 2.75) is 39.2 Å². The van der Waals surface area contributed by atoms with Crippen LogP contribution in [0.15, 0.2) is 35.7 Å². The van der Waals surface area contributed by atoms with Gasteiger partial charge in [-0.25, -0.2) is 0 Å². The van der Waals surface area contributed by atoms with Gasteiger partial charge in [-0.05, 0) is 56.3 Å². The van der Waals surface area contributed by atoms with Crippen LogP contribution in [-0.2, 0) is 4.79 Å². The second-order valence-corrected chi connectivity index (χ2v) is 7.72. The fourth-order valence-electron chi connectivity index (χ4n) is 2.60. The maximum Gasteiger partial charge on any atom is 0.251 e. The average Bonchev–Trinajstić information content (AvgIpc) is 3.09. The molecule has 0 fully saturated rings. The summed E-state index contributed by atoms with van der Waals surface area (Å²) in [5.41, 5.74) is 1.85. The summed E-state index contributed by atoms with van der Waals surface area (Å²) in [7, 11) is 1.60. The first-order valence-corrected chi connectivity index (χ1v) is 9.33. The molecule has 0 atom stereocenters. The Morgan fingerprint density at radius 1 is 1.08 bits per heavy atom. The molecule has 0 unspecified atom stereocenters. The van der Waals surface area contributed by atoms with Gasteiger partial charge in [-0.15, -0.1) is 11.3 Å².